The Balaban J connectivity index is 0.00000392. The SMILES string of the molecule is CCNC(=NCc1ccc(O)cc1)NCCC1CCN(CC(F)(F)F)CC1.I. The van der Waals surface area contributed by atoms with E-state index >= 15 is 0 Å². The molecule has 0 amide bonds. The van der Waals surface area contributed by atoms with Crippen molar-refractivity contribution in [2.75, 3.05) is 32.7 Å². The van der Waals surface area contributed by atoms with Crippen molar-refractivity contribution in [3.63, 3.8) is 0 Å². The van der Waals surface area contributed by atoms with Crippen LogP contribution in [0.25, 0.3) is 0 Å². The highest BCUT2D eigenvalue weighted by atomic mass is 127. The molecular weight excluding hydrogens is 484 g/mol. The topological polar surface area (TPSA) is 59.9 Å². The van der Waals surface area contributed by atoms with Crippen LogP contribution in [0.5, 0.6) is 5.75 Å². The number of aliphatic imine (C=N–C) groups is 1. The van der Waals surface area contributed by atoms with E-state index in [9.17, 15) is 18.3 Å². The van der Waals surface area contributed by atoms with Crippen LogP contribution in [-0.4, -0.2) is 54.9 Å². The summed E-state index contributed by atoms with van der Waals surface area (Å²) in [5.41, 5.74) is 1.00. The molecule has 0 spiro atoms. The molecule has 1 aliphatic heterocycles. The van der Waals surface area contributed by atoms with Crippen molar-refractivity contribution < 1.29 is 18.3 Å². The normalized spacial score (nSPS) is 16.5. The molecule has 5 nitrogen and oxygen atoms in total. The van der Waals surface area contributed by atoms with Gasteiger partial charge in [0.05, 0.1) is 13.1 Å². The van der Waals surface area contributed by atoms with Crippen molar-refractivity contribution >= 4 is 29.9 Å². The number of phenols is 1. The van der Waals surface area contributed by atoms with Crippen LogP contribution in [0.15, 0.2) is 29.3 Å². The predicted octanol–water partition coefficient (Wildman–Crippen LogP) is 3.73. The molecule has 1 saturated heterocycles. The summed E-state index contributed by atoms with van der Waals surface area (Å²) in [6, 6.07) is 6.93. The number of phenolic OH excluding ortho intramolecular Hbond substituents is 1. The minimum Gasteiger partial charge on any atom is -0.508 e. The summed E-state index contributed by atoms with van der Waals surface area (Å²) in [4.78, 5) is 6.02. The van der Waals surface area contributed by atoms with E-state index in [0.29, 0.717) is 25.6 Å². The molecule has 0 aliphatic carbocycles. The van der Waals surface area contributed by atoms with Crippen LogP contribution in [0, 0.1) is 5.92 Å². The van der Waals surface area contributed by atoms with Crippen molar-refractivity contribution in [2.45, 2.75) is 38.9 Å². The number of hydrogen-bond acceptors (Lipinski definition) is 3. The van der Waals surface area contributed by atoms with E-state index in [0.717, 1.165) is 43.9 Å². The number of piperidine rings is 1. The van der Waals surface area contributed by atoms with Gasteiger partial charge in [0, 0.05) is 13.1 Å². The van der Waals surface area contributed by atoms with Crippen molar-refractivity contribution in [2.24, 2.45) is 10.9 Å². The van der Waals surface area contributed by atoms with Gasteiger partial charge in [-0.25, -0.2) is 4.99 Å². The summed E-state index contributed by atoms with van der Waals surface area (Å²) in [5.74, 6) is 1.40. The van der Waals surface area contributed by atoms with Gasteiger partial charge in [0.15, 0.2) is 5.96 Å². The minimum atomic E-state index is -4.11. The number of rotatable bonds is 7. The molecule has 1 aromatic carbocycles. The predicted molar refractivity (Wildman–Crippen MR) is 116 cm³/mol. The molecule has 0 radical (unpaired) electrons. The minimum absolute atomic E-state index is 0. The van der Waals surface area contributed by atoms with E-state index in [-0.39, 0.29) is 29.7 Å². The highest BCUT2D eigenvalue weighted by Gasteiger charge is 2.32. The number of alkyl halides is 3. The zero-order valence-corrected chi connectivity index (χ0v) is 18.5. The number of hydrogen-bond donors (Lipinski definition) is 3. The van der Waals surface area contributed by atoms with Crippen molar-refractivity contribution in [1.82, 2.24) is 15.5 Å². The molecule has 2 rings (SSSR count). The largest absolute Gasteiger partial charge is 0.508 e. The van der Waals surface area contributed by atoms with Crippen molar-refractivity contribution in [3.8, 4) is 5.75 Å². The molecule has 1 fully saturated rings. The highest BCUT2D eigenvalue weighted by Crippen LogP contribution is 2.23. The van der Waals surface area contributed by atoms with Crippen LogP contribution in [-0.2, 0) is 6.54 Å². The molecule has 0 unspecified atom stereocenters. The van der Waals surface area contributed by atoms with E-state index in [1.54, 1.807) is 12.1 Å². The maximum Gasteiger partial charge on any atom is 0.401 e. The van der Waals surface area contributed by atoms with Gasteiger partial charge in [-0.2, -0.15) is 13.2 Å². The Morgan fingerprint density at radius 3 is 2.39 bits per heavy atom. The zero-order chi connectivity index (χ0) is 19.7. The number of benzene rings is 1. The van der Waals surface area contributed by atoms with Gasteiger partial charge in [-0.15, -0.1) is 24.0 Å². The summed E-state index contributed by atoms with van der Waals surface area (Å²) in [6.45, 7) is 4.22. The summed E-state index contributed by atoms with van der Waals surface area (Å²) in [5, 5.41) is 15.8. The number of guanidine groups is 1. The van der Waals surface area contributed by atoms with Gasteiger partial charge in [-0.3, -0.25) is 4.90 Å². The number of nitrogens with zero attached hydrogens (tertiary/aromatic N) is 2. The molecule has 1 heterocycles. The van der Waals surface area contributed by atoms with Gasteiger partial charge in [0.2, 0.25) is 0 Å². The fourth-order valence-electron chi connectivity index (χ4n) is 3.19. The average Bonchev–Trinajstić information content (AvgIpc) is 2.61. The third-order valence-corrected chi connectivity index (χ3v) is 4.66. The second kappa shape index (κ2) is 12.4. The van der Waals surface area contributed by atoms with Crippen molar-refractivity contribution in [3.05, 3.63) is 29.8 Å². The lowest BCUT2D eigenvalue weighted by molar-refractivity contribution is -0.148. The Kier molecular flexibility index (Phi) is 10.9. The van der Waals surface area contributed by atoms with Crippen LogP contribution in [0.3, 0.4) is 0 Å². The molecule has 1 aromatic rings. The number of nitrogens with one attached hydrogen (secondary N) is 2. The molecule has 0 atom stereocenters. The first kappa shape index (κ1) is 24.8. The quantitative estimate of drug-likeness (QED) is 0.295. The molecule has 9 heteroatoms. The van der Waals surface area contributed by atoms with Gasteiger partial charge < -0.3 is 15.7 Å². The van der Waals surface area contributed by atoms with E-state index in [1.807, 2.05) is 19.1 Å². The Bertz CT molecular complexity index is 588. The first-order chi connectivity index (χ1) is 12.9. The third-order valence-electron chi connectivity index (χ3n) is 4.66. The first-order valence-electron chi connectivity index (χ1n) is 9.45. The van der Waals surface area contributed by atoms with Crippen LogP contribution in [0.2, 0.25) is 0 Å². The van der Waals surface area contributed by atoms with Gasteiger partial charge in [-0.05, 0) is 62.9 Å². The fraction of sp³-hybridized carbons (Fsp3) is 0.632. The van der Waals surface area contributed by atoms with E-state index < -0.39 is 12.7 Å². The standard InChI is InChI=1S/C19H29F3N4O.HI/c1-2-23-18(25-13-16-3-5-17(27)6-4-16)24-10-7-15-8-11-26(12-9-15)14-19(20,21)22;/h3-6,15,27H,2,7-14H2,1H3,(H2,23,24,25);1H. The third kappa shape index (κ3) is 9.81. The van der Waals surface area contributed by atoms with E-state index in [1.165, 1.54) is 4.90 Å². The summed E-state index contributed by atoms with van der Waals surface area (Å²) < 4.78 is 37.3. The summed E-state index contributed by atoms with van der Waals surface area (Å²) >= 11 is 0. The van der Waals surface area contributed by atoms with E-state index in [2.05, 4.69) is 15.6 Å². The molecule has 0 bridgehead atoms. The van der Waals surface area contributed by atoms with Crippen LogP contribution < -0.4 is 10.6 Å². The Hall–Kier alpha value is -1.23. The molecule has 28 heavy (non-hydrogen) atoms. The summed E-state index contributed by atoms with van der Waals surface area (Å²) in [7, 11) is 0. The van der Waals surface area contributed by atoms with Gasteiger partial charge in [-0.1, -0.05) is 12.1 Å². The molecule has 3 N–H and O–H groups in total. The summed E-state index contributed by atoms with van der Waals surface area (Å²) in [6.07, 6.45) is -1.58. The number of likely N-dealkylation sites (tertiary alicyclic amines) is 1. The molecule has 0 saturated carbocycles. The van der Waals surface area contributed by atoms with Gasteiger partial charge in [0.25, 0.3) is 0 Å². The average molecular weight is 514 g/mol. The molecule has 0 aromatic heterocycles. The monoisotopic (exact) mass is 514 g/mol. The lowest BCUT2D eigenvalue weighted by atomic mass is 9.93. The lowest BCUT2D eigenvalue weighted by Crippen LogP contribution is -2.41. The smallest absolute Gasteiger partial charge is 0.401 e. The Morgan fingerprint density at radius 2 is 1.82 bits per heavy atom. The second-order valence-electron chi connectivity index (χ2n) is 6.91. The van der Waals surface area contributed by atoms with Gasteiger partial charge in [0.1, 0.15) is 5.75 Å². The van der Waals surface area contributed by atoms with Crippen LogP contribution >= 0.6 is 24.0 Å². The number of halogens is 4. The van der Waals surface area contributed by atoms with Gasteiger partial charge >= 0.3 is 6.18 Å². The van der Waals surface area contributed by atoms with E-state index in [4.69, 9.17) is 0 Å². The molecule has 160 valence electrons. The fourth-order valence-corrected chi connectivity index (χ4v) is 3.19. The second-order valence-corrected chi connectivity index (χ2v) is 6.91. The number of aromatic hydroxyl groups is 1. The van der Waals surface area contributed by atoms with Crippen molar-refractivity contribution in [1.29, 1.82) is 0 Å². The Labute approximate surface area is 181 Å². The lowest BCUT2D eigenvalue weighted by Gasteiger charge is -2.32. The first-order valence-corrected chi connectivity index (χ1v) is 9.45. The molecular formula is C19H30F3IN4O. The molecule has 1 aliphatic rings. The van der Waals surface area contributed by atoms with Crippen LogP contribution in [0.4, 0.5) is 13.2 Å². The Morgan fingerprint density at radius 1 is 1.18 bits per heavy atom. The zero-order valence-electron chi connectivity index (χ0n) is 16.1. The van der Waals surface area contributed by atoms with Crippen LogP contribution in [0.1, 0.15) is 31.7 Å². The maximum atomic E-state index is 12.4. The highest BCUT2D eigenvalue weighted by molar-refractivity contribution is 14.0. The maximum absolute atomic E-state index is 12.4.